The Kier molecular flexibility index (Phi) is 5.11. The fourth-order valence-electron chi connectivity index (χ4n) is 2.98. The minimum absolute atomic E-state index is 0.148. The molecule has 5 nitrogen and oxygen atoms in total. The normalized spacial score (nSPS) is 17.1. The number of hydrogen-bond acceptors (Lipinski definition) is 4. The van der Waals surface area contributed by atoms with Crippen LogP contribution in [0.3, 0.4) is 0 Å². The molecule has 0 saturated carbocycles. The van der Waals surface area contributed by atoms with E-state index in [0.717, 1.165) is 24.7 Å². The maximum Gasteiger partial charge on any atom is 0.242 e. The van der Waals surface area contributed by atoms with Gasteiger partial charge in [0, 0.05) is 18.8 Å². The topological polar surface area (TPSA) is 75.4 Å². The molecular weight excluding hydrogens is 286 g/mol. The van der Waals surface area contributed by atoms with E-state index in [9.17, 15) is 8.42 Å². The molecule has 1 aliphatic rings. The molecule has 0 bridgehead atoms. The lowest BCUT2D eigenvalue weighted by molar-refractivity contribution is 0.378. The third-order valence-electron chi connectivity index (χ3n) is 4.23. The number of nitrogens with one attached hydrogen (secondary N) is 1. The van der Waals surface area contributed by atoms with Gasteiger partial charge in [0.2, 0.25) is 10.0 Å². The predicted molar refractivity (Wildman–Crippen MR) is 86.9 cm³/mol. The number of nitrogen functional groups attached to an aromatic ring is 1. The average molecular weight is 311 g/mol. The van der Waals surface area contributed by atoms with Gasteiger partial charge in [-0.05, 0) is 44.0 Å². The summed E-state index contributed by atoms with van der Waals surface area (Å²) in [7, 11) is -2.10. The third kappa shape index (κ3) is 3.68. The second-order valence-corrected chi connectivity index (χ2v) is 7.50. The van der Waals surface area contributed by atoms with Gasteiger partial charge in [-0.2, -0.15) is 0 Å². The molecule has 21 heavy (non-hydrogen) atoms. The number of benzene rings is 1. The number of nitrogens with two attached hydrogens (primary N) is 1. The molecule has 6 heteroatoms. The summed E-state index contributed by atoms with van der Waals surface area (Å²) in [5.41, 5.74) is 7.23. The van der Waals surface area contributed by atoms with Crippen molar-refractivity contribution in [2.24, 2.45) is 5.92 Å². The van der Waals surface area contributed by atoms with Crippen LogP contribution < -0.4 is 15.4 Å². The van der Waals surface area contributed by atoms with Crippen molar-refractivity contribution in [2.75, 3.05) is 30.8 Å². The zero-order chi connectivity index (χ0) is 15.5. The summed E-state index contributed by atoms with van der Waals surface area (Å²) in [6.07, 6.45) is 4.94. The van der Waals surface area contributed by atoms with Gasteiger partial charge in [-0.1, -0.05) is 19.8 Å². The molecule has 1 aromatic rings. The highest BCUT2D eigenvalue weighted by molar-refractivity contribution is 7.89. The third-order valence-corrected chi connectivity index (χ3v) is 5.72. The van der Waals surface area contributed by atoms with E-state index in [1.807, 2.05) is 6.07 Å². The maximum atomic E-state index is 11.8. The predicted octanol–water partition coefficient (Wildman–Crippen LogP) is 2.19. The van der Waals surface area contributed by atoms with Gasteiger partial charge >= 0.3 is 0 Å². The first-order valence-electron chi connectivity index (χ1n) is 7.56. The Morgan fingerprint density at radius 1 is 1.33 bits per heavy atom. The van der Waals surface area contributed by atoms with Crippen LogP contribution in [0.15, 0.2) is 23.1 Å². The van der Waals surface area contributed by atoms with E-state index in [0.29, 0.717) is 5.69 Å². The maximum absolute atomic E-state index is 11.8. The van der Waals surface area contributed by atoms with E-state index >= 15 is 0 Å². The number of sulfonamides is 1. The van der Waals surface area contributed by atoms with Crippen LogP contribution in [0.1, 0.15) is 32.6 Å². The van der Waals surface area contributed by atoms with Crippen molar-refractivity contribution in [2.45, 2.75) is 37.5 Å². The van der Waals surface area contributed by atoms with Crippen molar-refractivity contribution in [1.82, 2.24) is 4.72 Å². The fourth-order valence-corrected chi connectivity index (χ4v) is 3.81. The SMILES string of the molecule is CCCC1CCN(c2ccc(S(=O)(=O)NC)c(N)c2)CC1. The van der Waals surface area contributed by atoms with Crippen molar-refractivity contribution < 1.29 is 8.42 Å². The molecule has 1 aliphatic heterocycles. The van der Waals surface area contributed by atoms with E-state index in [2.05, 4.69) is 16.5 Å². The molecule has 0 spiro atoms. The number of hydrogen-bond donors (Lipinski definition) is 2. The van der Waals surface area contributed by atoms with Crippen LogP contribution in [0.4, 0.5) is 11.4 Å². The first-order chi connectivity index (χ1) is 9.97. The average Bonchev–Trinajstić information content (AvgIpc) is 2.48. The van der Waals surface area contributed by atoms with Crippen molar-refractivity contribution in [3.05, 3.63) is 18.2 Å². The van der Waals surface area contributed by atoms with E-state index in [4.69, 9.17) is 5.73 Å². The zero-order valence-corrected chi connectivity index (χ0v) is 13.6. The van der Waals surface area contributed by atoms with Crippen molar-refractivity contribution in [3.8, 4) is 0 Å². The monoisotopic (exact) mass is 311 g/mol. The summed E-state index contributed by atoms with van der Waals surface area (Å²) in [6.45, 7) is 4.26. The van der Waals surface area contributed by atoms with Crippen molar-refractivity contribution >= 4 is 21.4 Å². The summed E-state index contributed by atoms with van der Waals surface area (Å²) < 4.78 is 25.9. The highest BCUT2D eigenvalue weighted by Crippen LogP contribution is 2.29. The first-order valence-corrected chi connectivity index (χ1v) is 9.04. The van der Waals surface area contributed by atoms with Gasteiger partial charge in [-0.25, -0.2) is 13.1 Å². The Balaban J connectivity index is 2.11. The minimum Gasteiger partial charge on any atom is -0.398 e. The van der Waals surface area contributed by atoms with E-state index in [-0.39, 0.29) is 4.90 Å². The van der Waals surface area contributed by atoms with Crippen LogP contribution >= 0.6 is 0 Å². The molecule has 0 radical (unpaired) electrons. The van der Waals surface area contributed by atoms with Crippen molar-refractivity contribution in [3.63, 3.8) is 0 Å². The van der Waals surface area contributed by atoms with Gasteiger partial charge in [-0.3, -0.25) is 0 Å². The Labute approximate surface area is 127 Å². The van der Waals surface area contributed by atoms with Crippen LogP contribution in [0.2, 0.25) is 0 Å². The Bertz CT molecular complexity index is 579. The Morgan fingerprint density at radius 2 is 2.00 bits per heavy atom. The summed E-state index contributed by atoms with van der Waals surface area (Å²) >= 11 is 0. The number of anilines is 2. The molecule has 0 aliphatic carbocycles. The number of nitrogens with zero attached hydrogens (tertiary/aromatic N) is 1. The van der Waals surface area contributed by atoms with Gasteiger partial charge in [0.15, 0.2) is 0 Å². The summed E-state index contributed by atoms with van der Waals surface area (Å²) in [5, 5.41) is 0. The summed E-state index contributed by atoms with van der Waals surface area (Å²) in [6, 6.07) is 5.21. The van der Waals surface area contributed by atoms with E-state index in [1.165, 1.54) is 32.7 Å². The lowest BCUT2D eigenvalue weighted by Crippen LogP contribution is -2.33. The Morgan fingerprint density at radius 3 is 2.52 bits per heavy atom. The molecule has 1 saturated heterocycles. The number of rotatable bonds is 5. The molecule has 118 valence electrons. The second kappa shape index (κ2) is 6.66. The highest BCUT2D eigenvalue weighted by Gasteiger charge is 2.21. The van der Waals surface area contributed by atoms with Gasteiger partial charge in [-0.15, -0.1) is 0 Å². The molecule has 1 fully saturated rings. The summed E-state index contributed by atoms with van der Waals surface area (Å²) in [4.78, 5) is 2.44. The molecule has 0 aromatic heterocycles. The number of piperidine rings is 1. The van der Waals surface area contributed by atoms with Crippen LogP contribution in [-0.4, -0.2) is 28.6 Å². The van der Waals surface area contributed by atoms with Crippen LogP contribution in [0.5, 0.6) is 0 Å². The van der Waals surface area contributed by atoms with Gasteiger partial charge in [0.1, 0.15) is 4.90 Å². The smallest absolute Gasteiger partial charge is 0.242 e. The molecule has 2 rings (SSSR count). The lowest BCUT2D eigenvalue weighted by Gasteiger charge is -2.33. The largest absolute Gasteiger partial charge is 0.398 e. The zero-order valence-electron chi connectivity index (χ0n) is 12.8. The van der Waals surface area contributed by atoms with Crippen LogP contribution in [0.25, 0.3) is 0 Å². The lowest BCUT2D eigenvalue weighted by atomic mass is 9.92. The van der Waals surface area contributed by atoms with E-state index in [1.54, 1.807) is 12.1 Å². The molecule has 0 amide bonds. The minimum atomic E-state index is -3.49. The van der Waals surface area contributed by atoms with Gasteiger partial charge in [0.25, 0.3) is 0 Å². The van der Waals surface area contributed by atoms with Crippen LogP contribution in [-0.2, 0) is 10.0 Å². The standard InChI is InChI=1S/C15H25N3O2S/c1-3-4-12-7-9-18(10-8-12)13-5-6-15(14(16)11-13)21(19,20)17-2/h5-6,11-12,17H,3-4,7-10,16H2,1-2H3. The first kappa shape index (κ1) is 16.1. The van der Waals surface area contributed by atoms with Gasteiger partial charge in [0.05, 0.1) is 5.69 Å². The van der Waals surface area contributed by atoms with Gasteiger partial charge < -0.3 is 10.6 Å². The second-order valence-electron chi connectivity index (χ2n) is 5.65. The van der Waals surface area contributed by atoms with E-state index < -0.39 is 10.0 Å². The van der Waals surface area contributed by atoms with Crippen LogP contribution in [0, 0.1) is 5.92 Å². The fraction of sp³-hybridized carbons (Fsp3) is 0.600. The molecule has 3 N–H and O–H groups in total. The summed E-state index contributed by atoms with van der Waals surface area (Å²) in [5.74, 6) is 0.826. The molecule has 0 unspecified atom stereocenters. The quantitative estimate of drug-likeness (QED) is 0.817. The Hall–Kier alpha value is -1.27. The molecular formula is C15H25N3O2S. The van der Waals surface area contributed by atoms with Crippen molar-refractivity contribution in [1.29, 1.82) is 0 Å². The molecule has 1 aromatic carbocycles. The molecule has 0 atom stereocenters. The highest BCUT2D eigenvalue weighted by atomic mass is 32.2. The molecule has 1 heterocycles.